The second-order valence-electron chi connectivity index (χ2n) is 2.14. The van der Waals surface area contributed by atoms with Crippen LogP contribution in [0.4, 0.5) is 6.01 Å². The first-order valence-corrected chi connectivity index (χ1v) is 5.61. The Morgan fingerprint density at radius 2 is 1.87 bits per heavy atom. The molecular formula is C12H24N2O. The van der Waals surface area contributed by atoms with Gasteiger partial charge in [0.2, 0.25) is 0 Å². The number of aromatic nitrogens is 1. The van der Waals surface area contributed by atoms with Gasteiger partial charge in [0, 0.05) is 13.5 Å². The highest BCUT2D eigenvalue weighted by atomic mass is 16.4. The van der Waals surface area contributed by atoms with Crippen LogP contribution in [0.15, 0.2) is 11.0 Å². The summed E-state index contributed by atoms with van der Waals surface area (Å²) in [5, 5.41) is 2.83. The fraction of sp³-hybridized carbons (Fsp3) is 0.583. The molecule has 1 aromatic rings. The fourth-order valence-corrected chi connectivity index (χ4v) is 0.883. The first kappa shape index (κ1) is 16.2. The van der Waals surface area contributed by atoms with Gasteiger partial charge >= 0.3 is 0 Å². The molecule has 0 aliphatic carbocycles. The predicted octanol–water partition coefficient (Wildman–Crippen LogP) is 3.97. The summed E-state index contributed by atoms with van der Waals surface area (Å²) in [5.41, 5.74) is 0.830. The summed E-state index contributed by atoms with van der Waals surface area (Å²) >= 11 is 0. The Kier molecular flexibility index (Phi) is 11.7. The Balaban J connectivity index is 0. The molecule has 0 spiro atoms. The van der Waals surface area contributed by atoms with Gasteiger partial charge in [-0.15, -0.1) is 0 Å². The SMILES string of the molecule is C=Cc1nc(NC)oc1CC.CC.CC. The average molecular weight is 212 g/mol. The quantitative estimate of drug-likeness (QED) is 0.823. The summed E-state index contributed by atoms with van der Waals surface area (Å²) in [5.74, 6) is 0.879. The van der Waals surface area contributed by atoms with Gasteiger partial charge in [-0.05, 0) is 6.08 Å². The summed E-state index contributed by atoms with van der Waals surface area (Å²) in [6.45, 7) is 13.7. The van der Waals surface area contributed by atoms with Gasteiger partial charge in [0.15, 0.2) is 0 Å². The second-order valence-corrected chi connectivity index (χ2v) is 2.14. The van der Waals surface area contributed by atoms with Crippen LogP contribution in [0.3, 0.4) is 0 Å². The maximum Gasteiger partial charge on any atom is 0.295 e. The molecule has 88 valence electrons. The Labute approximate surface area is 93.6 Å². The molecular weight excluding hydrogens is 188 g/mol. The van der Waals surface area contributed by atoms with E-state index in [-0.39, 0.29) is 0 Å². The van der Waals surface area contributed by atoms with Crippen LogP contribution in [-0.2, 0) is 6.42 Å². The van der Waals surface area contributed by atoms with Crippen molar-refractivity contribution < 1.29 is 4.42 Å². The Bertz CT molecular complexity index is 254. The van der Waals surface area contributed by atoms with Crippen LogP contribution < -0.4 is 5.32 Å². The van der Waals surface area contributed by atoms with Crippen molar-refractivity contribution in [2.45, 2.75) is 41.0 Å². The number of hydrogen-bond donors (Lipinski definition) is 1. The van der Waals surface area contributed by atoms with E-state index in [9.17, 15) is 0 Å². The molecule has 3 heteroatoms. The van der Waals surface area contributed by atoms with Crippen LogP contribution >= 0.6 is 0 Å². The lowest BCUT2D eigenvalue weighted by Gasteiger charge is -1.88. The third-order valence-corrected chi connectivity index (χ3v) is 1.46. The lowest BCUT2D eigenvalue weighted by molar-refractivity contribution is 0.525. The molecule has 0 aliphatic heterocycles. The molecule has 1 heterocycles. The summed E-state index contributed by atoms with van der Waals surface area (Å²) in [6, 6.07) is 0.553. The number of oxazole rings is 1. The number of hydrogen-bond acceptors (Lipinski definition) is 3. The van der Waals surface area contributed by atoms with E-state index in [0.29, 0.717) is 6.01 Å². The van der Waals surface area contributed by atoms with Gasteiger partial charge in [0.1, 0.15) is 11.5 Å². The van der Waals surface area contributed by atoms with Gasteiger partial charge in [-0.1, -0.05) is 41.2 Å². The number of nitrogens with zero attached hydrogens (tertiary/aromatic N) is 1. The Morgan fingerprint density at radius 3 is 2.13 bits per heavy atom. The zero-order valence-corrected chi connectivity index (χ0v) is 10.8. The second kappa shape index (κ2) is 10.8. The monoisotopic (exact) mass is 212 g/mol. The molecule has 1 rings (SSSR count). The number of rotatable bonds is 3. The van der Waals surface area contributed by atoms with Crippen LogP contribution in [0.5, 0.6) is 0 Å². The van der Waals surface area contributed by atoms with Gasteiger partial charge in [-0.25, -0.2) is 0 Å². The van der Waals surface area contributed by atoms with Gasteiger partial charge in [-0.2, -0.15) is 4.98 Å². The van der Waals surface area contributed by atoms with Crippen molar-refractivity contribution in [3.05, 3.63) is 18.0 Å². The molecule has 0 aromatic carbocycles. The summed E-state index contributed by atoms with van der Waals surface area (Å²) in [4.78, 5) is 4.12. The first-order valence-electron chi connectivity index (χ1n) is 5.61. The van der Waals surface area contributed by atoms with E-state index < -0.39 is 0 Å². The minimum atomic E-state index is 0.553. The molecule has 1 N–H and O–H groups in total. The van der Waals surface area contributed by atoms with E-state index in [1.54, 1.807) is 13.1 Å². The van der Waals surface area contributed by atoms with Crippen LogP contribution in [0, 0.1) is 0 Å². The van der Waals surface area contributed by atoms with Crippen molar-refractivity contribution in [2.24, 2.45) is 0 Å². The van der Waals surface area contributed by atoms with E-state index in [1.165, 1.54) is 0 Å². The van der Waals surface area contributed by atoms with Gasteiger partial charge in [-0.3, -0.25) is 0 Å². The molecule has 0 radical (unpaired) electrons. The predicted molar refractivity (Wildman–Crippen MR) is 68.2 cm³/mol. The number of aryl methyl sites for hydroxylation is 1. The van der Waals surface area contributed by atoms with Crippen molar-refractivity contribution >= 4 is 12.1 Å². The third-order valence-electron chi connectivity index (χ3n) is 1.46. The van der Waals surface area contributed by atoms with Crippen molar-refractivity contribution in [1.82, 2.24) is 4.98 Å². The van der Waals surface area contributed by atoms with Crippen molar-refractivity contribution in [3.63, 3.8) is 0 Å². The normalized spacial score (nSPS) is 7.87. The van der Waals surface area contributed by atoms with E-state index in [1.807, 2.05) is 34.6 Å². The van der Waals surface area contributed by atoms with Crippen LogP contribution in [0.25, 0.3) is 6.08 Å². The van der Waals surface area contributed by atoms with Crippen molar-refractivity contribution in [1.29, 1.82) is 0 Å². The molecule has 0 amide bonds. The van der Waals surface area contributed by atoms with Crippen LogP contribution in [0.2, 0.25) is 0 Å². The highest BCUT2D eigenvalue weighted by Gasteiger charge is 2.06. The average Bonchev–Trinajstić information content (AvgIpc) is 2.76. The molecule has 0 saturated carbocycles. The Morgan fingerprint density at radius 1 is 1.33 bits per heavy atom. The zero-order valence-electron chi connectivity index (χ0n) is 10.8. The van der Waals surface area contributed by atoms with Crippen molar-refractivity contribution in [2.75, 3.05) is 12.4 Å². The minimum absolute atomic E-state index is 0.553. The smallest absolute Gasteiger partial charge is 0.295 e. The minimum Gasteiger partial charge on any atom is -0.428 e. The van der Waals surface area contributed by atoms with E-state index >= 15 is 0 Å². The third kappa shape index (κ3) is 5.25. The fourth-order valence-electron chi connectivity index (χ4n) is 0.883. The molecule has 1 aromatic heterocycles. The standard InChI is InChI=1S/C8H12N2O.2C2H6/c1-4-6-7(5-2)11-8(9-3)10-6;2*1-2/h4H,1,5H2,2-3H3,(H,9,10);2*1-2H3. The van der Waals surface area contributed by atoms with Gasteiger partial charge in [0.05, 0.1) is 0 Å². The lowest BCUT2D eigenvalue weighted by Crippen LogP contribution is -1.86. The van der Waals surface area contributed by atoms with Crippen molar-refractivity contribution in [3.8, 4) is 0 Å². The highest BCUT2D eigenvalue weighted by molar-refractivity contribution is 5.46. The maximum atomic E-state index is 5.31. The summed E-state index contributed by atoms with van der Waals surface area (Å²) in [7, 11) is 1.78. The van der Waals surface area contributed by atoms with Crippen LogP contribution in [-0.4, -0.2) is 12.0 Å². The number of nitrogens with one attached hydrogen (secondary N) is 1. The lowest BCUT2D eigenvalue weighted by atomic mass is 10.3. The molecule has 3 nitrogen and oxygen atoms in total. The van der Waals surface area contributed by atoms with E-state index in [4.69, 9.17) is 4.42 Å². The van der Waals surface area contributed by atoms with E-state index in [2.05, 4.69) is 16.9 Å². The van der Waals surface area contributed by atoms with Gasteiger partial charge < -0.3 is 9.73 Å². The zero-order chi connectivity index (χ0) is 12.3. The topological polar surface area (TPSA) is 38.1 Å². The molecule has 15 heavy (non-hydrogen) atoms. The first-order chi connectivity index (χ1) is 7.31. The molecule has 0 aliphatic rings. The molecule has 0 fully saturated rings. The number of anilines is 1. The van der Waals surface area contributed by atoms with Crippen LogP contribution in [0.1, 0.15) is 46.1 Å². The van der Waals surface area contributed by atoms with E-state index in [0.717, 1.165) is 17.9 Å². The van der Waals surface area contributed by atoms with Gasteiger partial charge in [0.25, 0.3) is 6.01 Å². The highest BCUT2D eigenvalue weighted by Crippen LogP contribution is 2.15. The molecule has 0 atom stereocenters. The largest absolute Gasteiger partial charge is 0.428 e. The summed E-state index contributed by atoms with van der Waals surface area (Å²) < 4.78 is 5.31. The molecule has 0 unspecified atom stereocenters. The molecule has 0 bridgehead atoms. The molecule has 0 saturated heterocycles. The Hall–Kier alpha value is -1.25. The maximum absolute atomic E-state index is 5.31. The summed E-state index contributed by atoms with van der Waals surface area (Å²) in [6.07, 6.45) is 2.54.